The molecule has 9 heteroatoms. The van der Waals surface area contributed by atoms with Crippen molar-refractivity contribution >= 4 is 29.3 Å². The van der Waals surface area contributed by atoms with Gasteiger partial charge in [0.15, 0.2) is 11.0 Å². The lowest BCUT2D eigenvalue weighted by Gasteiger charge is -2.20. The highest BCUT2D eigenvalue weighted by molar-refractivity contribution is 7.99. The van der Waals surface area contributed by atoms with Gasteiger partial charge < -0.3 is 5.32 Å². The molecular formula is C22H25ClFN5OS. The SMILES string of the molecule is Cc1ccc(CNC(=O)CSc2nnc(C(C)N(C)C)n2-c2ccc(Cl)cc2)cc1F. The third-order valence-electron chi connectivity index (χ3n) is 4.95. The standard InChI is InChI=1S/C22H25ClFN5OS/c1-14-5-6-16(11-19(14)24)12-25-20(30)13-31-22-27-26-21(15(2)28(3)4)29(22)18-9-7-17(23)8-10-18/h5-11,15H,12-13H2,1-4H3,(H,25,30). The summed E-state index contributed by atoms with van der Waals surface area (Å²) >= 11 is 7.34. The Morgan fingerprint density at radius 3 is 2.58 bits per heavy atom. The minimum Gasteiger partial charge on any atom is -0.351 e. The van der Waals surface area contributed by atoms with Crippen molar-refractivity contribution in [1.82, 2.24) is 25.0 Å². The topological polar surface area (TPSA) is 63.1 Å². The molecule has 0 aliphatic rings. The van der Waals surface area contributed by atoms with Crippen molar-refractivity contribution in [2.45, 2.75) is 31.6 Å². The van der Waals surface area contributed by atoms with Crippen LogP contribution in [0.5, 0.6) is 0 Å². The van der Waals surface area contributed by atoms with Crippen LogP contribution in [-0.2, 0) is 11.3 Å². The summed E-state index contributed by atoms with van der Waals surface area (Å²) in [4.78, 5) is 14.4. The highest BCUT2D eigenvalue weighted by atomic mass is 35.5. The van der Waals surface area contributed by atoms with Crippen molar-refractivity contribution in [2.75, 3.05) is 19.8 Å². The predicted octanol–water partition coefficient (Wildman–Crippen LogP) is 4.40. The number of aromatic nitrogens is 3. The lowest BCUT2D eigenvalue weighted by atomic mass is 10.1. The van der Waals surface area contributed by atoms with Gasteiger partial charge in [-0.15, -0.1) is 10.2 Å². The molecule has 164 valence electrons. The van der Waals surface area contributed by atoms with E-state index in [-0.39, 0.29) is 30.1 Å². The Morgan fingerprint density at radius 1 is 1.23 bits per heavy atom. The average Bonchev–Trinajstić information content (AvgIpc) is 3.16. The van der Waals surface area contributed by atoms with Gasteiger partial charge in [0.1, 0.15) is 5.82 Å². The lowest BCUT2D eigenvalue weighted by Crippen LogP contribution is -2.25. The van der Waals surface area contributed by atoms with Crippen LogP contribution in [0.15, 0.2) is 47.6 Å². The number of nitrogens with one attached hydrogen (secondary N) is 1. The lowest BCUT2D eigenvalue weighted by molar-refractivity contribution is -0.118. The van der Waals surface area contributed by atoms with E-state index in [1.807, 2.05) is 54.8 Å². The van der Waals surface area contributed by atoms with E-state index in [0.717, 1.165) is 11.5 Å². The first-order chi connectivity index (χ1) is 14.8. The molecule has 0 saturated carbocycles. The summed E-state index contributed by atoms with van der Waals surface area (Å²) in [6.07, 6.45) is 0. The van der Waals surface area contributed by atoms with Gasteiger partial charge in [0, 0.05) is 17.3 Å². The molecule has 1 N–H and O–H groups in total. The molecule has 3 rings (SSSR count). The third-order valence-corrected chi connectivity index (χ3v) is 6.13. The van der Waals surface area contributed by atoms with Crippen LogP contribution in [0.3, 0.4) is 0 Å². The van der Waals surface area contributed by atoms with E-state index in [9.17, 15) is 9.18 Å². The van der Waals surface area contributed by atoms with Gasteiger partial charge in [0.05, 0.1) is 11.8 Å². The first-order valence-electron chi connectivity index (χ1n) is 9.78. The number of nitrogens with zero attached hydrogens (tertiary/aromatic N) is 4. The van der Waals surface area contributed by atoms with Crippen LogP contribution in [0.1, 0.15) is 29.9 Å². The number of hydrogen-bond acceptors (Lipinski definition) is 5. The molecule has 1 heterocycles. The van der Waals surface area contributed by atoms with Crippen LogP contribution >= 0.6 is 23.4 Å². The van der Waals surface area contributed by atoms with E-state index in [4.69, 9.17) is 11.6 Å². The van der Waals surface area contributed by atoms with E-state index in [2.05, 4.69) is 15.5 Å². The fourth-order valence-electron chi connectivity index (χ4n) is 2.84. The van der Waals surface area contributed by atoms with E-state index < -0.39 is 0 Å². The number of aryl methyl sites for hydroxylation is 1. The summed E-state index contributed by atoms with van der Waals surface area (Å²) in [6, 6.07) is 12.4. The number of amides is 1. The molecule has 1 unspecified atom stereocenters. The molecule has 2 aromatic carbocycles. The summed E-state index contributed by atoms with van der Waals surface area (Å²) in [5.74, 6) is 0.486. The van der Waals surface area contributed by atoms with E-state index >= 15 is 0 Å². The molecule has 0 aliphatic heterocycles. The highest BCUT2D eigenvalue weighted by Gasteiger charge is 2.21. The Hall–Kier alpha value is -2.42. The van der Waals surface area contributed by atoms with Gasteiger partial charge in [0.2, 0.25) is 5.91 Å². The summed E-state index contributed by atoms with van der Waals surface area (Å²) in [5.41, 5.74) is 2.17. The molecule has 0 saturated heterocycles. The molecule has 0 bridgehead atoms. The number of carbonyl (C=O) groups is 1. The van der Waals surface area contributed by atoms with Gasteiger partial charge in [-0.2, -0.15) is 0 Å². The van der Waals surface area contributed by atoms with Crippen LogP contribution < -0.4 is 5.32 Å². The maximum Gasteiger partial charge on any atom is 0.230 e. The van der Waals surface area contributed by atoms with Crippen molar-refractivity contribution < 1.29 is 9.18 Å². The maximum absolute atomic E-state index is 13.7. The normalized spacial score (nSPS) is 12.2. The van der Waals surface area contributed by atoms with Crippen molar-refractivity contribution in [1.29, 1.82) is 0 Å². The van der Waals surface area contributed by atoms with Crippen molar-refractivity contribution in [3.05, 3.63) is 70.3 Å². The highest BCUT2D eigenvalue weighted by Crippen LogP contribution is 2.27. The Morgan fingerprint density at radius 2 is 1.94 bits per heavy atom. The summed E-state index contributed by atoms with van der Waals surface area (Å²) in [6.45, 7) is 4.01. The Kier molecular flexibility index (Phi) is 7.69. The number of rotatable bonds is 8. The van der Waals surface area contributed by atoms with Crippen molar-refractivity contribution in [3.63, 3.8) is 0 Å². The minimum absolute atomic E-state index is 0.0165. The first-order valence-corrected chi connectivity index (χ1v) is 11.1. The Labute approximate surface area is 190 Å². The van der Waals surface area contributed by atoms with Crippen molar-refractivity contribution in [2.24, 2.45) is 0 Å². The summed E-state index contributed by atoms with van der Waals surface area (Å²) in [5, 5.41) is 12.8. The zero-order valence-electron chi connectivity index (χ0n) is 17.9. The fourth-order valence-corrected chi connectivity index (χ4v) is 3.75. The third kappa shape index (κ3) is 5.84. The second-order valence-corrected chi connectivity index (χ2v) is 8.82. The summed E-state index contributed by atoms with van der Waals surface area (Å²) < 4.78 is 15.6. The molecule has 0 fully saturated rings. The fraction of sp³-hybridized carbons (Fsp3) is 0.318. The minimum atomic E-state index is -0.278. The van der Waals surface area contributed by atoms with E-state index in [1.54, 1.807) is 19.1 Å². The van der Waals surface area contributed by atoms with Crippen LogP contribution in [0.2, 0.25) is 5.02 Å². The molecule has 3 aromatic rings. The second-order valence-electron chi connectivity index (χ2n) is 7.44. The van der Waals surface area contributed by atoms with Gasteiger partial charge in [-0.1, -0.05) is 35.5 Å². The smallest absolute Gasteiger partial charge is 0.230 e. The summed E-state index contributed by atoms with van der Waals surface area (Å²) in [7, 11) is 3.94. The Balaban J connectivity index is 1.72. The molecule has 1 atom stereocenters. The quantitative estimate of drug-likeness (QED) is 0.504. The average molecular weight is 462 g/mol. The van der Waals surface area contributed by atoms with Crippen LogP contribution in [0.25, 0.3) is 5.69 Å². The molecule has 0 spiro atoms. The van der Waals surface area contributed by atoms with E-state index in [0.29, 0.717) is 21.3 Å². The van der Waals surface area contributed by atoms with Crippen LogP contribution in [-0.4, -0.2) is 45.4 Å². The maximum atomic E-state index is 13.7. The number of hydrogen-bond donors (Lipinski definition) is 1. The predicted molar refractivity (Wildman–Crippen MR) is 122 cm³/mol. The zero-order chi connectivity index (χ0) is 22.5. The molecule has 0 aliphatic carbocycles. The molecule has 1 amide bonds. The number of carbonyl (C=O) groups excluding carboxylic acids is 1. The largest absolute Gasteiger partial charge is 0.351 e. The molecule has 0 radical (unpaired) electrons. The van der Waals surface area contributed by atoms with Crippen LogP contribution in [0.4, 0.5) is 4.39 Å². The van der Waals surface area contributed by atoms with E-state index in [1.165, 1.54) is 17.8 Å². The molecule has 6 nitrogen and oxygen atoms in total. The van der Waals surface area contributed by atoms with Crippen LogP contribution in [0, 0.1) is 12.7 Å². The van der Waals surface area contributed by atoms with Gasteiger partial charge in [-0.25, -0.2) is 4.39 Å². The first kappa shape index (κ1) is 23.2. The zero-order valence-corrected chi connectivity index (χ0v) is 19.5. The number of benzene rings is 2. The van der Waals surface area contributed by atoms with Crippen molar-refractivity contribution in [3.8, 4) is 5.69 Å². The number of halogens is 2. The number of thioether (sulfide) groups is 1. The second kappa shape index (κ2) is 10.3. The molecule has 31 heavy (non-hydrogen) atoms. The van der Waals surface area contributed by atoms with Gasteiger partial charge in [-0.3, -0.25) is 14.3 Å². The Bertz CT molecular complexity index is 1050. The monoisotopic (exact) mass is 461 g/mol. The van der Waals surface area contributed by atoms with Gasteiger partial charge in [-0.05, 0) is 69.4 Å². The van der Waals surface area contributed by atoms with Gasteiger partial charge in [0.25, 0.3) is 0 Å². The van der Waals surface area contributed by atoms with Gasteiger partial charge >= 0.3 is 0 Å². The molecular weight excluding hydrogens is 437 g/mol. The molecule has 1 aromatic heterocycles.